The van der Waals surface area contributed by atoms with Crippen LogP contribution in [0.3, 0.4) is 0 Å². The summed E-state index contributed by atoms with van der Waals surface area (Å²) >= 11 is 0. The Morgan fingerprint density at radius 3 is 2.92 bits per heavy atom. The van der Waals surface area contributed by atoms with E-state index in [2.05, 4.69) is 10.3 Å². The summed E-state index contributed by atoms with van der Waals surface area (Å²) < 4.78 is 6.93. The second-order valence-corrected chi connectivity index (χ2v) is 6.22. The van der Waals surface area contributed by atoms with Gasteiger partial charge in [0.15, 0.2) is 11.5 Å². The van der Waals surface area contributed by atoms with Gasteiger partial charge in [-0.3, -0.25) is 14.3 Å². The second-order valence-electron chi connectivity index (χ2n) is 6.22. The smallest absolute Gasteiger partial charge is 0.308 e. The molecule has 3 heterocycles. The molecule has 8 heteroatoms. The molecule has 0 aliphatic carbocycles. The van der Waals surface area contributed by atoms with Gasteiger partial charge in [0.2, 0.25) is 0 Å². The largest absolute Gasteiger partial charge is 0.481 e. The number of carbonyl (C=O) groups excluding carboxylic acids is 1. The Morgan fingerprint density at radius 2 is 2.25 bits per heavy atom. The number of aliphatic carboxylic acids is 1. The fraction of sp³-hybridized carbons (Fsp3) is 0.500. The van der Waals surface area contributed by atoms with E-state index in [9.17, 15) is 14.7 Å². The van der Waals surface area contributed by atoms with E-state index in [-0.39, 0.29) is 17.6 Å². The number of piperidine rings is 1. The molecule has 0 unspecified atom stereocenters. The lowest BCUT2D eigenvalue weighted by Gasteiger charge is -2.36. The van der Waals surface area contributed by atoms with E-state index in [0.717, 1.165) is 5.56 Å². The molecule has 0 bridgehead atoms. The molecular weight excluding hydrogens is 312 g/mol. The van der Waals surface area contributed by atoms with Crippen molar-refractivity contribution in [2.24, 2.45) is 5.92 Å². The minimum absolute atomic E-state index is 0.201. The Kier molecular flexibility index (Phi) is 4.37. The molecule has 0 aromatic carbocycles. The van der Waals surface area contributed by atoms with E-state index in [1.165, 1.54) is 0 Å². The highest BCUT2D eigenvalue weighted by Gasteiger charge is 2.36. The third kappa shape index (κ3) is 3.17. The lowest BCUT2D eigenvalue weighted by molar-refractivity contribution is -0.144. The number of hydrogen-bond donors (Lipinski definition) is 1. The topological polar surface area (TPSA) is 101 Å². The van der Waals surface area contributed by atoms with Crippen molar-refractivity contribution >= 4 is 11.9 Å². The van der Waals surface area contributed by atoms with Crippen molar-refractivity contribution in [1.82, 2.24) is 19.8 Å². The zero-order valence-corrected chi connectivity index (χ0v) is 13.7. The molecule has 1 fully saturated rings. The van der Waals surface area contributed by atoms with Crippen molar-refractivity contribution in [1.29, 1.82) is 0 Å². The summed E-state index contributed by atoms with van der Waals surface area (Å²) in [6.07, 6.45) is 4.87. The maximum absolute atomic E-state index is 12.6. The van der Waals surface area contributed by atoms with E-state index in [0.29, 0.717) is 31.7 Å². The number of likely N-dealkylation sites (tertiary alicyclic amines) is 1. The number of carboxylic acids is 1. The van der Waals surface area contributed by atoms with E-state index in [1.807, 2.05) is 13.1 Å². The van der Waals surface area contributed by atoms with Gasteiger partial charge >= 0.3 is 5.97 Å². The maximum atomic E-state index is 12.6. The number of aryl methyl sites for hydroxylation is 1. The molecule has 2 atom stereocenters. The minimum Gasteiger partial charge on any atom is -0.481 e. The van der Waals surface area contributed by atoms with Crippen molar-refractivity contribution in [3.05, 3.63) is 35.5 Å². The van der Waals surface area contributed by atoms with Gasteiger partial charge in [-0.05, 0) is 32.3 Å². The third-order valence-corrected chi connectivity index (χ3v) is 4.42. The summed E-state index contributed by atoms with van der Waals surface area (Å²) in [5, 5.41) is 17.3. The molecule has 0 spiro atoms. The summed E-state index contributed by atoms with van der Waals surface area (Å²) in [7, 11) is 0. The summed E-state index contributed by atoms with van der Waals surface area (Å²) in [5.41, 5.74) is 1.24. The molecule has 1 saturated heterocycles. The van der Waals surface area contributed by atoms with Crippen LogP contribution in [0, 0.1) is 12.8 Å². The molecule has 1 aliphatic heterocycles. The predicted octanol–water partition coefficient (Wildman–Crippen LogP) is 1.55. The van der Waals surface area contributed by atoms with Crippen LogP contribution >= 0.6 is 0 Å². The number of carboxylic acid groups (broad SMARTS) is 1. The fourth-order valence-corrected chi connectivity index (χ4v) is 3.11. The van der Waals surface area contributed by atoms with Crippen LogP contribution in [0.5, 0.6) is 0 Å². The van der Waals surface area contributed by atoms with E-state index >= 15 is 0 Å². The zero-order valence-electron chi connectivity index (χ0n) is 13.7. The number of carbonyl (C=O) groups is 2. The Labute approximate surface area is 139 Å². The lowest BCUT2D eigenvalue weighted by Crippen LogP contribution is -2.49. The fourth-order valence-electron chi connectivity index (χ4n) is 3.11. The highest BCUT2D eigenvalue weighted by molar-refractivity contribution is 5.93. The van der Waals surface area contributed by atoms with Crippen LogP contribution in [0.2, 0.25) is 0 Å². The van der Waals surface area contributed by atoms with Crippen molar-refractivity contribution in [2.45, 2.75) is 39.3 Å². The van der Waals surface area contributed by atoms with Crippen LogP contribution < -0.4 is 0 Å². The Morgan fingerprint density at radius 1 is 1.46 bits per heavy atom. The molecule has 1 N–H and O–H groups in total. The van der Waals surface area contributed by atoms with Crippen LogP contribution in [-0.4, -0.2) is 49.4 Å². The molecule has 0 radical (unpaired) electrons. The van der Waals surface area contributed by atoms with Crippen LogP contribution in [-0.2, 0) is 11.3 Å². The van der Waals surface area contributed by atoms with Crippen molar-refractivity contribution < 1.29 is 19.2 Å². The summed E-state index contributed by atoms with van der Waals surface area (Å²) in [6.45, 7) is 4.63. The molecule has 2 aromatic rings. The van der Waals surface area contributed by atoms with E-state index < -0.39 is 11.9 Å². The Balaban J connectivity index is 1.72. The first-order valence-electron chi connectivity index (χ1n) is 7.94. The molecular formula is C16H20N4O4. The molecule has 8 nitrogen and oxygen atoms in total. The van der Waals surface area contributed by atoms with Gasteiger partial charge in [0.25, 0.3) is 5.91 Å². The van der Waals surface area contributed by atoms with Gasteiger partial charge in [0.1, 0.15) is 6.54 Å². The van der Waals surface area contributed by atoms with Gasteiger partial charge in [-0.15, -0.1) is 0 Å². The SMILES string of the molecule is Cc1cnn(Cc2cc(C(=O)N3CCC[C@@H](C(=O)O)[C@H]3C)no2)c1. The van der Waals surface area contributed by atoms with Gasteiger partial charge < -0.3 is 14.5 Å². The van der Waals surface area contributed by atoms with Gasteiger partial charge in [0.05, 0.1) is 12.1 Å². The average molecular weight is 332 g/mol. The second kappa shape index (κ2) is 6.46. The number of aromatic nitrogens is 3. The molecule has 2 aromatic heterocycles. The van der Waals surface area contributed by atoms with Crippen LogP contribution in [0.1, 0.15) is 41.6 Å². The quantitative estimate of drug-likeness (QED) is 0.911. The summed E-state index contributed by atoms with van der Waals surface area (Å²) in [5.74, 6) is -1.17. The number of nitrogens with zero attached hydrogens (tertiary/aromatic N) is 4. The monoisotopic (exact) mass is 332 g/mol. The maximum Gasteiger partial charge on any atom is 0.308 e. The van der Waals surface area contributed by atoms with Crippen LogP contribution in [0.4, 0.5) is 0 Å². The first-order valence-corrected chi connectivity index (χ1v) is 7.94. The van der Waals surface area contributed by atoms with E-state index in [4.69, 9.17) is 4.52 Å². The third-order valence-electron chi connectivity index (χ3n) is 4.42. The normalized spacial score (nSPS) is 21.0. The zero-order chi connectivity index (χ0) is 17.3. The summed E-state index contributed by atoms with van der Waals surface area (Å²) in [6, 6.07) is 1.23. The molecule has 0 saturated carbocycles. The van der Waals surface area contributed by atoms with Gasteiger partial charge in [-0.2, -0.15) is 5.10 Å². The Bertz CT molecular complexity index is 751. The molecule has 128 valence electrons. The first-order chi connectivity index (χ1) is 11.5. The highest BCUT2D eigenvalue weighted by atomic mass is 16.5. The van der Waals surface area contributed by atoms with Crippen molar-refractivity contribution in [3.8, 4) is 0 Å². The predicted molar refractivity (Wildman–Crippen MR) is 83.4 cm³/mol. The number of rotatable bonds is 4. The molecule has 1 aliphatic rings. The highest BCUT2D eigenvalue weighted by Crippen LogP contribution is 2.25. The minimum atomic E-state index is -0.866. The van der Waals surface area contributed by atoms with Gasteiger partial charge in [-0.25, -0.2) is 0 Å². The number of hydrogen-bond acceptors (Lipinski definition) is 5. The van der Waals surface area contributed by atoms with Crippen LogP contribution in [0.25, 0.3) is 0 Å². The van der Waals surface area contributed by atoms with Gasteiger partial charge in [0, 0.05) is 24.8 Å². The molecule has 3 rings (SSSR count). The standard InChI is InChI=1S/C16H20N4O4/c1-10-7-17-19(8-10)9-12-6-14(18-24-12)15(21)20-5-3-4-13(11(20)2)16(22)23/h6-8,11,13H,3-5,9H2,1-2H3,(H,22,23)/t11-,13-/m1/s1. The van der Waals surface area contributed by atoms with Crippen LogP contribution in [0.15, 0.2) is 23.0 Å². The molecule has 1 amide bonds. The average Bonchev–Trinajstić information content (AvgIpc) is 3.16. The lowest BCUT2D eigenvalue weighted by atomic mass is 9.90. The summed E-state index contributed by atoms with van der Waals surface area (Å²) in [4.78, 5) is 25.5. The number of amides is 1. The van der Waals surface area contributed by atoms with E-state index in [1.54, 1.807) is 28.8 Å². The molecule has 24 heavy (non-hydrogen) atoms. The van der Waals surface area contributed by atoms with Crippen molar-refractivity contribution in [2.75, 3.05) is 6.54 Å². The first kappa shape index (κ1) is 16.2. The Hall–Kier alpha value is -2.64. The van der Waals surface area contributed by atoms with Gasteiger partial charge in [-0.1, -0.05) is 5.16 Å². The van der Waals surface area contributed by atoms with Crippen molar-refractivity contribution in [3.63, 3.8) is 0 Å².